The standard InChI is InChI=1S/C42H28N2/c1-2-10-28(11-3-1)29-20-22-30(23-21-29)31-12-8-13-32(26-31)33-16-9-17-34-35-24-25-42(43-39(35)27-38(33)34)44-40-18-6-4-14-36(40)37-15-5-7-19-41(37)44/h1-26H,27H2. The van der Waals surface area contributed by atoms with Gasteiger partial charge in [-0.05, 0) is 74.8 Å². The molecule has 0 radical (unpaired) electrons. The molecule has 8 aromatic rings. The van der Waals surface area contributed by atoms with Gasteiger partial charge in [0.2, 0.25) is 0 Å². The lowest BCUT2D eigenvalue weighted by Gasteiger charge is -2.11. The number of hydrogen-bond donors (Lipinski definition) is 0. The third-order valence-corrected chi connectivity index (χ3v) is 9.08. The van der Waals surface area contributed by atoms with E-state index in [2.05, 4.69) is 162 Å². The molecule has 9 rings (SSSR count). The van der Waals surface area contributed by atoms with Crippen LogP contribution in [0.25, 0.3) is 72.1 Å². The maximum Gasteiger partial charge on any atom is 0.137 e. The molecule has 2 nitrogen and oxygen atoms in total. The first-order valence-corrected chi connectivity index (χ1v) is 15.2. The van der Waals surface area contributed by atoms with Crippen LogP contribution in [0.3, 0.4) is 0 Å². The van der Waals surface area contributed by atoms with Crippen LogP contribution in [0.2, 0.25) is 0 Å². The molecule has 1 aliphatic carbocycles. The van der Waals surface area contributed by atoms with Crippen LogP contribution >= 0.6 is 0 Å². The zero-order valence-corrected chi connectivity index (χ0v) is 24.1. The van der Waals surface area contributed by atoms with Gasteiger partial charge in [-0.3, -0.25) is 4.57 Å². The first kappa shape index (κ1) is 24.8. The summed E-state index contributed by atoms with van der Waals surface area (Å²) in [4.78, 5) is 5.31. The molecule has 0 aliphatic heterocycles. The van der Waals surface area contributed by atoms with E-state index in [9.17, 15) is 0 Å². The molecule has 6 aromatic carbocycles. The predicted octanol–water partition coefficient (Wildman–Crippen LogP) is 10.8. The lowest BCUT2D eigenvalue weighted by Crippen LogP contribution is -2.00. The molecule has 44 heavy (non-hydrogen) atoms. The van der Waals surface area contributed by atoms with E-state index < -0.39 is 0 Å². The zero-order valence-electron chi connectivity index (χ0n) is 24.1. The lowest BCUT2D eigenvalue weighted by atomic mass is 9.93. The van der Waals surface area contributed by atoms with Crippen molar-refractivity contribution in [3.05, 3.63) is 169 Å². The van der Waals surface area contributed by atoms with Gasteiger partial charge in [-0.25, -0.2) is 4.98 Å². The van der Waals surface area contributed by atoms with Crippen LogP contribution in [0.5, 0.6) is 0 Å². The van der Waals surface area contributed by atoms with E-state index in [1.165, 1.54) is 71.9 Å². The molecule has 0 amide bonds. The second-order valence-electron chi connectivity index (χ2n) is 11.6. The van der Waals surface area contributed by atoms with Crippen LogP contribution in [0.1, 0.15) is 11.3 Å². The van der Waals surface area contributed by atoms with E-state index in [1.54, 1.807) is 0 Å². The van der Waals surface area contributed by atoms with Gasteiger partial charge in [0, 0.05) is 22.8 Å². The second-order valence-corrected chi connectivity index (χ2v) is 11.6. The Bertz CT molecular complexity index is 2290. The molecule has 2 heteroatoms. The fourth-order valence-electron chi connectivity index (χ4n) is 6.98. The van der Waals surface area contributed by atoms with Crippen LogP contribution < -0.4 is 0 Å². The third kappa shape index (κ3) is 3.92. The van der Waals surface area contributed by atoms with Gasteiger partial charge in [0.15, 0.2) is 0 Å². The number of benzene rings is 6. The molecule has 0 spiro atoms. The van der Waals surface area contributed by atoms with Crippen molar-refractivity contribution in [1.29, 1.82) is 0 Å². The Morgan fingerprint density at radius 2 is 0.977 bits per heavy atom. The minimum Gasteiger partial charge on any atom is -0.294 e. The van der Waals surface area contributed by atoms with Crippen LogP contribution in [-0.4, -0.2) is 9.55 Å². The molecule has 0 saturated heterocycles. The summed E-state index contributed by atoms with van der Waals surface area (Å²) in [6.07, 6.45) is 0.821. The summed E-state index contributed by atoms with van der Waals surface area (Å²) >= 11 is 0. The van der Waals surface area contributed by atoms with E-state index in [0.29, 0.717) is 0 Å². The smallest absolute Gasteiger partial charge is 0.137 e. The molecule has 0 N–H and O–H groups in total. The van der Waals surface area contributed by atoms with Crippen molar-refractivity contribution in [2.75, 3.05) is 0 Å². The van der Waals surface area contributed by atoms with Gasteiger partial charge in [-0.15, -0.1) is 0 Å². The highest BCUT2D eigenvalue weighted by molar-refractivity contribution is 6.09. The minimum absolute atomic E-state index is 0.821. The number of pyridine rings is 1. The van der Waals surface area contributed by atoms with Gasteiger partial charge in [0.05, 0.1) is 16.7 Å². The van der Waals surface area contributed by atoms with Crippen LogP contribution in [0, 0.1) is 0 Å². The summed E-state index contributed by atoms with van der Waals surface area (Å²) in [6, 6.07) is 56.8. The van der Waals surface area contributed by atoms with Crippen LogP contribution in [0.15, 0.2) is 158 Å². The molecule has 0 bridgehead atoms. The van der Waals surface area contributed by atoms with Crippen molar-refractivity contribution < 1.29 is 0 Å². The van der Waals surface area contributed by atoms with Gasteiger partial charge in [0.1, 0.15) is 5.82 Å². The van der Waals surface area contributed by atoms with Crippen LogP contribution in [-0.2, 0) is 6.42 Å². The highest BCUT2D eigenvalue weighted by Crippen LogP contribution is 2.42. The number of nitrogens with zero attached hydrogens (tertiary/aromatic N) is 2. The van der Waals surface area contributed by atoms with Crippen LogP contribution in [0.4, 0.5) is 0 Å². The van der Waals surface area contributed by atoms with Gasteiger partial charge < -0.3 is 0 Å². The SMILES string of the molecule is c1ccc(-c2ccc(-c3cccc(-c4cccc5c4Cc4nc(-n6c7ccccc7c7ccccc76)ccc4-5)c3)cc2)cc1. The highest BCUT2D eigenvalue weighted by Gasteiger charge is 2.24. The molecule has 0 atom stereocenters. The Labute approximate surface area is 256 Å². The summed E-state index contributed by atoms with van der Waals surface area (Å²) in [6.45, 7) is 0. The number of para-hydroxylation sites is 2. The molecule has 1 aliphatic rings. The van der Waals surface area contributed by atoms with E-state index in [4.69, 9.17) is 4.98 Å². The average molecular weight is 561 g/mol. The molecule has 2 heterocycles. The molecule has 0 fully saturated rings. The Morgan fingerprint density at radius 3 is 1.73 bits per heavy atom. The number of hydrogen-bond acceptors (Lipinski definition) is 1. The average Bonchev–Trinajstić information content (AvgIpc) is 3.64. The van der Waals surface area contributed by atoms with E-state index in [-0.39, 0.29) is 0 Å². The Kier molecular flexibility index (Phi) is 5.60. The summed E-state index contributed by atoms with van der Waals surface area (Å²) in [5, 5.41) is 2.51. The van der Waals surface area contributed by atoms with Crippen molar-refractivity contribution in [3.8, 4) is 50.3 Å². The minimum atomic E-state index is 0.821. The fourth-order valence-corrected chi connectivity index (χ4v) is 6.98. The van der Waals surface area contributed by atoms with Gasteiger partial charge in [-0.2, -0.15) is 0 Å². The first-order chi connectivity index (χ1) is 21.8. The predicted molar refractivity (Wildman–Crippen MR) is 183 cm³/mol. The number of aromatic nitrogens is 2. The van der Waals surface area contributed by atoms with Gasteiger partial charge in [0.25, 0.3) is 0 Å². The molecule has 2 aromatic heterocycles. The number of rotatable bonds is 4. The van der Waals surface area contributed by atoms with Crippen molar-refractivity contribution in [2.24, 2.45) is 0 Å². The van der Waals surface area contributed by atoms with E-state index in [0.717, 1.165) is 17.9 Å². The topological polar surface area (TPSA) is 17.8 Å². The molecule has 206 valence electrons. The Morgan fingerprint density at radius 1 is 0.409 bits per heavy atom. The monoisotopic (exact) mass is 560 g/mol. The first-order valence-electron chi connectivity index (χ1n) is 15.2. The molecular weight excluding hydrogens is 532 g/mol. The van der Waals surface area contributed by atoms with Crippen molar-refractivity contribution in [2.45, 2.75) is 6.42 Å². The lowest BCUT2D eigenvalue weighted by molar-refractivity contribution is 1.03. The van der Waals surface area contributed by atoms with Gasteiger partial charge in [-0.1, -0.05) is 127 Å². The summed E-state index contributed by atoms with van der Waals surface area (Å²) in [7, 11) is 0. The maximum absolute atomic E-state index is 5.31. The van der Waals surface area contributed by atoms with Crippen molar-refractivity contribution in [1.82, 2.24) is 9.55 Å². The maximum atomic E-state index is 5.31. The Hall–Kier alpha value is -5.73. The Balaban J connectivity index is 1.09. The third-order valence-electron chi connectivity index (χ3n) is 9.08. The second kappa shape index (κ2) is 9.93. The summed E-state index contributed by atoms with van der Waals surface area (Å²) in [5.41, 5.74) is 14.8. The normalized spacial score (nSPS) is 12.0. The quantitative estimate of drug-likeness (QED) is 0.209. The van der Waals surface area contributed by atoms with Crippen molar-refractivity contribution in [3.63, 3.8) is 0 Å². The highest BCUT2D eigenvalue weighted by atomic mass is 15.1. The number of fused-ring (bicyclic) bond motifs is 6. The van der Waals surface area contributed by atoms with E-state index >= 15 is 0 Å². The van der Waals surface area contributed by atoms with Crippen molar-refractivity contribution >= 4 is 21.8 Å². The zero-order chi connectivity index (χ0) is 29.0. The summed E-state index contributed by atoms with van der Waals surface area (Å²) < 4.78 is 2.31. The largest absolute Gasteiger partial charge is 0.294 e. The fraction of sp³-hybridized carbons (Fsp3) is 0.0238. The van der Waals surface area contributed by atoms with Gasteiger partial charge >= 0.3 is 0 Å². The molecular formula is C42H28N2. The van der Waals surface area contributed by atoms with E-state index in [1.807, 2.05) is 0 Å². The summed E-state index contributed by atoms with van der Waals surface area (Å²) in [5.74, 6) is 0.969. The molecule has 0 saturated carbocycles. The molecule has 0 unspecified atom stereocenters.